The van der Waals surface area contributed by atoms with E-state index in [1.54, 1.807) is 0 Å². The van der Waals surface area contributed by atoms with E-state index in [0.29, 0.717) is 0 Å². The maximum absolute atomic E-state index is 4.40. The molecule has 1 heterocycles. The van der Waals surface area contributed by atoms with Crippen LogP contribution >= 0.6 is 12.0 Å². The van der Waals surface area contributed by atoms with Crippen molar-refractivity contribution in [2.75, 3.05) is 5.75 Å². The second-order valence-electron chi connectivity index (χ2n) is 0.821. The molecule has 2 nitrogen and oxygen atoms in total. The van der Waals surface area contributed by atoms with Crippen molar-refractivity contribution >= 4 is 12.0 Å². The average molecular weight is 104 g/mol. The fourth-order valence-corrected chi connectivity index (χ4v) is 0.510. The summed E-state index contributed by atoms with van der Waals surface area (Å²) in [5.74, 6) is 0.889. The van der Waals surface area contributed by atoms with Gasteiger partial charge in [-0.25, -0.2) is 0 Å². The third-order valence-electron chi connectivity index (χ3n) is 0.403. The van der Waals surface area contributed by atoms with E-state index < -0.39 is 0 Å². The molecular weight excluding hydrogens is 100 g/mol. The zero-order valence-electron chi connectivity index (χ0n) is 3.09. The van der Waals surface area contributed by atoms with Crippen molar-refractivity contribution < 1.29 is 9.22 Å². The van der Waals surface area contributed by atoms with Crippen LogP contribution in [0.5, 0.6) is 0 Å². The summed E-state index contributed by atoms with van der Waals surface area (Å²) in [6.45, 7) is 0. The average Bonchev–Trinajstić information content (AvgIpc) is 1.72. The molecule has 1 aliphatic heterocycles. The van der Waals surface area contributed by atoms with Gasteiger partial charge >= 0.3 is 0 Å². The second-order valence-corrected chi connectivity index (χ2v) is 1.53. The van der Waals surface area contributed by atoms with Crippen molar-refractivity contribution in [3.05, 3.63) is 12.3 Å². The molecule has 0 amide bonds. The molecule has 0 saturated heterocycles. The van der Waals surface area contributed by atoms with E-state index in [-0.39, 0.29) is 0 Å². The molecule has 0 fully saturated rings. The Morgan fingerprint density at radius 3 is 2.83 bits per heavy atom. The highest BCUT2D eigenvalue weighted by molar-refractivity contribution is 7.94. The predicted octanol–water partition coefficient (Wildman–Crippen LogP) is 1.11. The Morgan fingerprint density at radius 1 is 1.67 bits per heavy atom. The lowest BCUT2D eigenvalue weighted by Crippen LogP contribution is -1.84. The summed E-state index contributed by atoms with van der Waals surface area (Å²) in [5.41, 5.74) is 0. The molecule has 1 aliphatic rings. The van der Waals surface area contributed by atoms with Crippen LogP contribution in [0.1, 0.15) is 0 Å². The first-order valence-corrected chi connectivity index (χ1v) is 2.51. The van der Waals surface area contributed by atoms with Gasteiger partial charge < -0.3 is 4.89 Å². The van der Waals surface area contributed by atoms with Crippen LogP contribution in [-0.4, -0.2) is 5.75 Å². The molecule has 34 valence electrons. The van der Waals surface area contributed by atoms with Crippen LogP contribution in [0.3, 0.4) is 0 Å². The van der Waals surface area contributed by atoms with Crippen molar-refractivity contribution in [3.8, 4) is 0 Å². The van der Waals surface area contributed by atoms with Gasteiger partial charge in [0.25, 0.3) is 0 Å². The topological polar surface area (TPSA) is 18.5 Å². The molecule has 0 aliphatic carbocycles. The van der Waals surface area contributed by atoms with Gasteiger partial charge in [0.1, 0.15) is 6.26 Å². The first-order valence-electron chi connectivity index (χ1n) is 1.60. The minimum Gasteiger partial charge on any atom is -0.334 e. The summed E-state index contributed by atoms with van der Waals surface area (Å²) < 4.78 is 4.40. The monoisotopic (exact) mass is 104 g/mol. The van der Waals surface area contributed by atoms with Crippen LogP contribution in [0.4, 0.5) is 0 Å². The van der Waals surface area contributed by atoms with Gasteiger partial charge in [-0.15, -0.1) is 4.33 Å². The summed E-state index contributed by atoms with van der Waals surface area (Å²) in [4.78, 5) is 4.35. The third kappa shape index (κ3) is 0.914. The van der Waals surface area contributed by atoms with Crippen molar-refractivity contribution in [3.63, 3.8) is 0 Å². The van der Waals surface area contributed by atoms with E-state index in [1.807, 2.05) is 6.08 Å². The molecule has 0 aromatic heterocycles. The number of hydrogen-bond acceptors (Lipinski definition) is 3. The van der Waals surface area contributed by atoms with Crippen LogP contribution in [0.25, 0.3) is 0 Å². The van der Waals surface area contributed by atoms with Crippen molar-refractivity contribution in [1.82, 2.24) is 0 Å². The van der Waals surface area contributed by atoms with Gasteiger partial charge in [0.05, 0.1) is 0 Å². The van der Waals surface area contributed by atoms with Gasteiger partial charge in [-0.05, 0) is 6.08 Å². The SMILES string of the molecule is C1=COOSC1. The normalized spacial score (nSPS) is 20.0. The van der Waals surface area contributed by atoms with Gasteiger partial charge in [0, 0.05) is 17.8 Å². The van der Waals surface area contributed by atoms with Gasteiger partial charge in [-0.2, -0.15) is 0 Å². The fraction of sp³-hybridized carbons (Fsp3) is 0.333. The molecule has 0 radical (unpaired) electrons. The zero-order valence-corrected chi connectivity index (χ0v) is 3.90. The Hall–Kier alpha value is -0.150. The Balaban J connectivity index is 2.26. The first kappa shape index (κ1) is 4.02. The Morgan fingerprint density at radius 2 is 2.67 bits per heavy atom. The minimum atomic E-state index is 0.889. The third-order valence-corrected chi connectivity index (χ3v) is 0.907. The van der Waals surface area contributed by atoms with E-state index in [9.17, 15) is 0 Å². The molecule has 0 saturated carbocycles. The lowest BCUT2D eigenvalue weighted by molar-refractivity contribution is -0.132. The quantitative estimate of drug-likeness (QED) is 0.339. The molecule has 3 heteroatoms. The summed E-state index contributed by atoms with van der Waals surface area (Å²) in [6.07, 6.45) is 3.41. The standard InChI is InChI=1S/C3H4O2S/c1-2-4-5-6-3-1/h1-2H,3H2. The number of rotatable bonds is 0. The van der Waals surface area contributed by atoms with E-state index in [1.165, 1.54) is 18.3 Å². The Labute approximate surface area is 40.3 Å². The van der Waals surface area contributed by atoms with Crippen LogP contribution in [0.2, 0.25) is 0 Å². The van der Waals surface area contributed by atoms with E-state index in [0.717, 1.165) is 5.75 Å². The highest BCUT2D eigenvalue weighted by Gasteiger charge is 1.88. The lowest BCUT2D eigenvalue weighted by Gasteiger charge is -1.98. The molecule has 6 heavy (non-hydrogen) atoms. The summed E-state index contributed by atoms with van der Waals surface area (Å²) in [5, 5.41) is 0. The van der Waals surface area contributed by atoms with Gasteiger partial charge in [0.2, 0.25) is 0 Å². The largest absolute Gasteiger partial charge is 0.334 e. The zero-order chi connectivity index (χ0) is 4.24. The minimum absolute atomic E-state index is 0.889. The van der Waals surface area contributed by atoms with Crippen molar-refractivity contribution in [1.29, 1.82) is 0 Å². The van der Waals surface area contributed by atoms with E-state index >= 15 is 0 Å². The molecule has 0 spiro atoms. The summed E-state index contributed by atoms with van der Waals surface area (Å²) in [6, 6.07) is 0. The predicted molar refractivity (Wildman–Crippen MR) is 23.8 cm³/mol. The number of hydrogen-bond donors (Lipinski definition) is 0. The van der Waals surface area contributed by atoms with Gasteiger partial charge in [-0.1, -0.05) is 0 Å². The summed E-state index contributed by atoms with van der Waals surface area (Å²) >= 11 is 1.29. The molecule has 0 N–H and O–H groups in total. The highest BCUT2D eigenvalue weighted by Crippen LogP contribution is 2.07. The summed E-state index contributed by atoms with van der Waals surface area (Å²) in [7, 11) is 0. The smallest absolute Gasteiger partial charge is 0.127 e. The maximum Gasteiger partial charge on any atom is 0.127 e. The molecule has 1 rings (SSSR count). The molecule has 0 aromatic rings. The molecule has 0 aromatic carbocycles. The van der Waals surface area contributed by atoms with Crippen molar-refractivity contribution in [2.24, 2.45) is 0 Å². The van der Waals surface area contributed by atoms with E-state index in [4.69, 9.17) is 0 Å². The molecule has 0 unspecified atom stereocenters. The highest BCUT2D eigenvalue weighted by atomic mass is 32.2. The van der Waals surface area contributed by atoms with Crippen LogP contribution in [0, 0.1) is 0 Å². The fourth-order valence-electron chi connectivity index (χ4n) is 0.196. The Kier molecular flexibility index (Phi) is 1.41. The lowest BCUT2D eigenvalue weighted by atomic mass is 10.7. The van der Waals surface area contributed by atoms with Crippen LogP contribution in [0.15, 0.2) is 12.3 Å². The van der Waals surface area contributed by atoms with Gasteiger partial charge in [0.15, 0.2) is 0 Å². The van der Waals surface area contributed by atoms with Gasteiger partial charge in [-0.3, -0.25) is 0 Å². The first-order chi connectivity index (χ1) is 3.00. The Bertz CT molecular complexity index is 53.8. The van der Waals surface area contributed by atoms with Crippen molar-refractivity contribution in [2.45, 2.75) is 0 Å². The molecule has 0 atom stereocenters. The van der Waals surface area contributed by atoms with Crippen LogP contribution < -0.4 is 0 Å². The molecular formula is C3H4O2S. The van der Waals surface area contributed by atoms with Crippen LogP contribution in [-0.2, 0) is 9.22 Å². The molecule has 0 bridgehead atoms. The second kappa shape index (κ2) is 2.10. The maximum atomic E-state index is 4.40. The van der Waals surface area contributed by atoms with E-state index in [2.05, 4.69) is 9.22 Å².